The van der Waals surface area contributed by atoms with E-state index in [0.717, 1.165) is 19.4 Å². The molecule has 1 N–H and O–H groups in total. The van der Waals surface area contributed by atoms with Crippen molar-refractivity contribution in [1.29, 1.82) is 0 Å². The highest BCUT2D eigenvalue weighted by Crippen LogP contribution is 2.22. The maximum atomic E-state index is 12.4. The van der Waals surface area contributed by atoms with Gasteiger partial charge in [0.25, 0.3) is 5.91 Å². The Morgan fingerprint density at radius 3 is 2.63 bits per heavy atom. The predicted molar refractivity (Wildman–Crippen MR) is 70.1 cm³/mol. The summed E-state index contributed by atoms with van der Waals surface area (Å²) in [5.74, 6) is -0.652. The molecule has 1 aliphatic heterocycles. The summed E-state index contributed by atoms with van der Waals surface area (Å²) in [5, 5.41) is 8.80. The zero-order valence-corrected chi connectivity index (χ0v) is 11.2. The van der Waals surface area contributed by atoms with Gasteiger partial charge in [-0.3, -0.25) is 9.78 Å². The van der Waals surface area contributed by atoms with Crippen LogP contribution in [0.15, 0.2) is 18.3 Å². The molecule has 2 atom stereocenters. The summed E-state index contributed by atoms with van der Waals surface area (Å²) in [4.78, 5) is 28.9. The molecular formula is C14H18N2O3. The minimum Gasteiger partial charge on any atom is -0.478 e. The molecule has 2 rings (SSSR count). The maximum Gasteiger partial charge on any atom is 0.337 e. The second kappa shape index (κ2) is 5.38. The Kier molecular flexibility index (Phi) is 3.83. The lowest BCUT2D eigenvalue weighted by molar-refractivity contribution is 0.0566. The lowest BCUT2D eigenvalue weighted by Crippen LogP contribution is -2.45. The molecule has 0 aliphatic carbocycles. The standard InChI is InChI=1S/C14H18N2O3/c1-9-3-4-10(2)16(8-9)13(17)12-6-5-11(7-15-12)14(18)19/h5-7,9-10H,3-4,8H2,1-2H3,(H,18,19). The lowest BCUT2D eigenvalue weighted by atomic mass is 9.95. The molecule has 1 aliphatic rings. The Morgan fingerprint density at radius 2 is 2.05 bits per heavy atom. The summed E-state index contributed by atoms with van der Waals surface area (Å²) in [7, 11) is 0. The van der Waals surface area contributed by atoms with Crippen LogP contribution in [0.3, 0.4) is 0 Å². The number of amides is 1. The monoisotopic (exact) mass is 262 g/mol. The average Bonchev–Trinajstić information content (AvgIpc) is 2.41. The van der Waals surface area contributed by atoms with E-state index < -0.39 is 5.97 Å². The van der Waals surface area contributed by atoms with E-state index in [1.807, 2.05) is 11.8 Å². The lowest BCUT2D eigenvalue weighted by Gasteiger charge is -2.36. The molecule has 19 heavy (non-hydrogen) atoms. The molecule has 102 valence electrons. The van der Waals surface area contributed by atoms with Crippen LogP contribution in [0.1, 0.15) is 47.5 Å². The molecule has 1 fully saturated rings. The summed E-state index contributed by atoms with van der Waals surface area (Å²) in [6.45, 7) is 4.91. The van der Waals surface area contributed by atoms with Crippen LogP contribution in [0.2, 0.25) is 0 Å². The number of aromatic carboxylic acids is 1. The van der Waals surface area contributed by atoms with Crippen molar-refractivity contribution in [3.05, 3.63) is 29.6 Å². The molecule has 0 bridgehead atoms. The SMILES string of the molecule is CC1CCC(C)N(C(=O)c2ccc(C(=O)O)cn2)C1. The smallest absolute Gasteiger partial charge is 0.337 e. The first-order valence-corrected chi connectivity index (χ1v) is 6.49. The van der Waals surface area contributed by atoms with Gasteiger partial charge in [-0.1, -0.05) is 6.92 Å². The maximum absolute atomic E-state index is 12.4. The van der Waals surface area contributed by atoms with E-state index in [1.54, 1.807) is 0 Å². The van der Waals surface area contributed by atoms with Crippen molar-refractivity contribution in [2.75, 3.05) is 6.54 Å². The number of likely N-dealkylation sites (tertiary alicyclic amines) is 1. The van der Waals surface area contributed by atoms with Gasteiger partial charge in [-0.25, -0.2) is 4.79 Å². The molecule has 5 nitrogen and oxygen atoms in total. The molecule has 0 aromatic carbocycles. The van der Waals surface area contributed by atoms with Crippen LogP contribution >= 0.6 is 0 Å². The van der Waals surface area contributed by atoms with E-state index in [2.05, 4.69) is 11.9 Å². The van der Waals surface area contributed by atoms with Crippen LogP contribution in [-0.4, -0.2) is 39.5 Å². The van der Waals surface area contributed by atoms with Crippen LogP contribution < -0.4 is 0 Å². The number of carbonyl (C=O) groups is 2. The third-order valence-corrected chi connectivity index (χ3v) is 3.61. The second-order valence-corrected chi connectivity index (χ2v) is 5.23. The molecule has 5 heteroatoms. The summed E-state index contributed by atoms with van der Waals surface area (Å²) in [6, 6.07) is 3.11. The quantitative estimate of drug-likeness (QED) is 0.885. The van der Waals surface area contributed by atoms with Crippen molar-refractivity contribution in [3.63, 3.8) is 0 Å². The first kappa shape index (κ1) is 13.5. The van der Waals surface area contributed by atoms with Gasteiger partial charge in [-0.2, -0.15) is 0 Å². The van der Waals surface area contributed by atoms with Crippen molar-refractivity contribution >= 4 is 11.9 Å². The van der Waals surface area contributed by atoms with Crippen LogP contribution in [0.25, 0.3) is 0 Å². The van der Waals surface area contributed by atoms with Crippen molar-refractivity contribution in [1.82, 2.24) is 9.88 Å². The average molecular weight is 262 g/mol. The Labute approximate surface area is 112 Å². The minimum absolute atomic E-state index is 0.0941. The van der Waals surface area contributed by atoms with Gasteiger partial charge in [0.1, 0.15) is 5.69 Å². The van der Waals surface area contributed by atoms with Crippen LogP contribution in [0.4, 0.5) is 0 Å². The normalized spacial score (nSPS) is 23.2. The van der Waals surface area contributed by atoms with Crippen LogP contribution in [-0.2, 0) is 0 Å². The number of pyridine rings is 1. The molecule has 1 aromatic rings. The molecule has 0 saturated carbocycles. The molecule has 2 heterocycles. The highest BCUT2D eigenvalue weighted by molar-refractivity contribution is 5.94. The summed E-state index contributed by atoms with van der Waals surface area (Å²) >= 11 is 0. The van der Waals surface area contributed by atoms with Gasteiger partial charge in [0.2, 0.25) is 0 Å². The second-order valence-electron chi connectivity index (χ2n) is 5.23. The number of carbonyl (C=O) groups excluding carboxylic acids is 1. The van der Waals surface area contributed by atoms with Crippen molar-refractivity contribution in [3.8, 4) is 0 Å². The van der Waals surface area contributed by atoms with Gasteiger partial charge in [0, 0.05) is 18.8 Å². The molecule has 1 amide bonds. The Morgan fingerprint density at radius 1 is 1.32 bits per heavy atom. The molecule has 0 radical (unpaired) electrons. The largest absolute Gasteiger partial charge is 0.478 e. The third kappa shape index (κ3) is 2.92. The van der Waals surface area contributed by atoms with Gasteiger partial charge < -0.3 is 10.0 Å². The van der Waals surface area contributed by atoms with Crippen LogP contribution in [0.5, 0.6) is 0 Å². The van der Waals surface area contributed by atoms with Gasteiger partial charge in [-0.05, 0) is 37.8 Å². The van der Waals surface area contributed by atoms with Gasteiger partial charge in [-0.15, -0.1) is 0 Å². The Hall–Kier alpha value is -1.91. The number of carboxylic acids is 1. The number of hydrogen-bond acceptors (Lipinski definition) is 3. The van der Waals surface area contributed by atoms with E-state index in [1.165, 1.54) is 18.3 Å². The zero-order chi connectivity index (χ0) is 14.0. The number of hydrogen-bond donors (Lipinski definition) is 1. The fourth-order valence-corrected chi connectivity index (χ4v) is 2.37. The zero-order valence-electron chi connectivity index (χ0n) is 11.2. The molecule has 0 spiro atoms. The number of piperidine rings is 1. The third-order valence-electron chi connectivity index (χ3n) is 3.61. The fraction of sp³-hybridized carbons (Fsp3) is 0.500. The summed E-state index contributed by atoms with van der Waals surface area (Å²) < 4.78 is 0. The van der Waals surface area contributed by atoms with Gasteiger partial charge in [0.15, 0.2) is 0 Å². The Balaban J connectivity index is 2.16. The number of carboxylic acid groups (broad SMARTS) is 1. The molecular weight excluding hydrogens is 244 g/mol. The van der Waals surface area contributed by atoms with Gasteiger partial charge in [0.05, 0.1) is 5.56 Å². The summed E-state index contributed by atoms with van der Waals surface area (Å²) in [6.07, 6.45) is 3.37. The Bertz CT molecular complexity index is 484. The number of nitrogens with zero attached hydrogens (tertiary/aromatic N) is 2. The molecule has 1 aromatic heterocycles. The van der Waals surface area contributed by atoms with E-state index in [0.29, 0.717) is 11.6 Å². The highest BCUT2D eigenvalue weighted by Gasteiger charge is 2.28. The molecule has 2 unspecified atom stereocenters. The van der Waals surface area contributed by atoms with E-state index in [-0.39, 0.29) is 17.5 Å². The fourth-order valence-electron chi connectivity index (χ4n) is 2.37. The predicted octanol–water partition coefficient (Wildman–Crippen LogP) is 2.04. The van der Waals surface area contributed by atoms with E-state index in [9.17, 15) is 9.59 Å². The molecule has 1 saturated heterocycles. The number of aromatic nitrogens is 1. The first-order chi connectivity index (χ1) is 8.99. The van der Waals surface area contributed by atoms with Crippen LogP contribution in [0, 0.1) is 5.92 Å². The minimum atomic E-state index is -1.04. The van der Waals surface area contributed by atoms with Crippen molar-refractivity contribution < 1.29 is 14.7 Å². The first-order valence-electron chi connectivity index (χ1n) is 6.49. The van der Waals surface area contributed by atoms with Crippen molar-refractivity contribution in [2.24, 2.45) is 5.92 Å². The number of rotatable bonds is 2. The highest BCUT2D eigenvalue weighted by atomic mass is 16.4. The van der Waals surface area contributed by atoms with E-state index in [4.69, 9.17) is 5.11 Å². The van der Waals surface area contributed by atoms with E-state index >= 15 is 0 Å². The topological polar surface area (TPSA) is 70.5 Å². The van der Waals surface area contributed by atoms with Crippen molar-refractivity contribution in [2.45, 2.75) is 32.7 Å². The van der Waals surface area contributed by atoms with Gasteiger partial charge >= 0.3 is 5.97 Å². The summed E-state index contributed by atoms with van der Waals surface area (Å²) in [5.41, 5.74) is 0.405.